The van der Waals surface area contributed by atoms with Crippen LogP contribution in [-0.2, 0) is 24.4 Å². The first-order chi connectivity index (χ1) is 17.6. The van der Waals surface area contributed by atoms with Crippen LogP contribution in [0.4, 0.5) is 0 Å². The molecule has 3 aromatic heterocycles. The summed E-state index contributed by atoms with van der Waals surface area (Å²) in [6.07, 6.45) is 3.03. The standard InChI is InChI=1S/C26H32N6O3S/c1-3-24(25-28-29-30-32(25)16-21-7-5-11-35-21)31(17-22-8-6-12-36-22)15-19-13-18-14-20(34-4-2)9-10-23(18)27-26(19)33/h6,8-10,12-14,21,24H,3-5,7,11,15-17H2,1-2H3,(H,27,33). The van der Waals surface area contributed by atoms with E-state index in [0.29, 0.717) is 31.8 Å². The number of nitrogens with one attached hydrogen (secondary N) is 1. The number of ether oxygens (including phenoxy) is 2. The zero-order valence-corrected chi connectivity index (χ0v) is 21.5. The Bertz CT molecular complexity index is 1330. The number of rotatable bonds is 11. The van der Waals surface area contributed by atoms with Crippen molar-refractivity contribution in [1.82, 2.24) is 30.1 Å². The van der Waals surface area contributed by atoms with Crippen molar-refractivity contribution in [1.29, 1.82) is 0 Å². The quantitative estimate of drug-likeness (QED) is 0.322. The van der Waals surface area contributed by atoms with Gasteiger partial charge in [0.1, 0.15) is 5.75 Å². The van der Waals surface area contributed by atoms with Gasteiger partial charge in [0.2, 0.25) is 0 Å². The first kappa shape index (κ1) is 24.6. The zero-order valence-electron chi connectivity index (χ0n) is 20.7. The van der Waals surface area contributed by atoms with Crippen LogP contribution in [0.3, 0.4) is 0 Å². The van der Waals surface area contributed by atoms with E-state index in [-0.39, 0.29) is 17.7 Å². The van der Waals surface area contributed by atoms with Gasteiger partial charge in [0.25, 0.3) is 5.56 Å². The Balaban J connectivity index is 1.48. The molecule has 0 spiro atoms. The molecule has 0 amide bonds. The molecule has 9 nitrogen and oxygen atoms in total. The van der Waals surface area contributed by atoms with Gasteiger partial charge >= 0.3 is 0 Å². The van der Waals surface area contributed by atoms with E-state index in [4.69, 9.17) is 9.47 Å². The molecule has 1 aliphatic heterocycles. The molecular weight excluding hydrogens is 476 g/mol. The summed E-state index contributed by atoms with van der Waals surface area (Å²) in [6.45, 7) is 7.28. The van der Waals surface area contributed by atoms with Crippen molar-refractivity contribution in [2.75, 3.05) is 13.2 Å². The number of nitrogens with zero attached hydrogens (tertiary/aromatic N) is 5. The lowest BCUT2D eigenvalue weighted by Crippen LogP contribution is -2.33. The zero-order chi connectivity index (χ0) is 24.9. The van der Waals surface area contributed by atoms with Crippen LogP contribution in [0.1, 0.15) is 55.4 Å². The van der Waals surface area contributed by atoms with Gasteiger partial charge in [-0.05, 0) is 72.3 Å². The Kier molecular flexibility index (Phi) is 7.74. The molecule has 1 fully saturated rings. The summed E-state index contributed by atoms with van der Waals surface area (Å²) >= 11 is 1.71. The molecule has 0 aliphatic carbocycles. The first-order valence-electron chi connectivity index (χ1n) is 12.6. The van der Waals surface area contributed by atoms with Crippen molar-refractivity contribution in [2.24, 2.45) is 0 Å². The fraction of sp³-hybridized carbons (Fsp3) is 0.462. The molecule has 0 saturated carbocycles. The van der Waals surface area contributed by atoms with Crippen LogP contribution < -0.4 is 10.3 Å². The average molecular weight is 509 g/mol. The van der Waals surface area contributed by atoms with Gasteiger partial charge < -0.3 is 14.5 Å². The minimum Gasteiger partial charge on any atom is -0.494 e. The lowest BCUT2D eigenvalue weighted by Gasteiger charge is -2.30. The van der Waals surface area contributed by atoms with Crippen LogP contribution in [0.15, 0.2) is 46.6 Å². The van der Waals surface area contributed by atoms with Crippen molar-refractivity contribution >= 4 is 22.2 Å². The second-order valence-corrected chi connectivity index (χ2v) is 10.1. The van der Waals surface area contributed by atoms with Gasteiger partial charge in [0, 0.05) is 41.0 Å². The molecule has 2 atom stereocenters. The number of hydrogen-bond donors (Lipinski definition) is 1. The predicted molar refractivity (Wildman–Crippen MR) is 139 cm³/mol. The molecular formula is C26H32N6O3S. The van der Waals surface area contributed by atoms with Crippen LogP contribution in [0.2, 0.25) is 0 Å². The molecule has 190 valence electrons. The summed E-state index contributed by atoms with van der Waals surface area (Å²) in [6, 6.07) is 11.8. The summed E-state index contributed by atoms with van der Waals surface area (Å²) in [7, 11) is 0. The SMILES string of the molecule is CCOc1ccc2[nH]c(=O)c(CN(Cc3cccs3)C(CC)c3nnnn3CC3CCCO3)cc2c1. The molecule has 4 heterocycles. The number of aromatic nitrogens is 5. The van der Waals surface area contributed by atoms with Gasteiger partial charge in [0.05, 0.1) is 25.3 Å². The molecule has 36 heavy (non-hydrogen) atoms. The highest BCUT2D eigenvalue weighted by Crippen LogP contribution is 2.28. The van der Waals surface area contributed by atoms with E-state index in [1.807, 2.05) is 35.9 Å². The van der Waals surface area contributed by atoms with Crippen LogP contribution >= 0.6 is 11.3 Å². The van der Waals surface area contributed by atoms with E-state index in [1.54, 1.807) is 11.3 Å². The Hall–Kier alpha value is -3.08. The lowest BCUT2D eigenvalue weighted by atomic mass is 10.1. The summed E-state index contributed by atoms with van der Waals surface area (Å²) in [4.78, 5) is 19.7. The summed E-state index contributed by atoms with van der Waals surface area (Å²) < 4.78 is 13.4. The number of aromatic amines is 1. The minimum absolute atomic E-state index is 0.0617. The maximum atomic E-state index is 13.1. The Labute approximate surface area is 214 Å². The number of tetrazole rings is 1. The van der Waals surface area contributed by atoms with Crippen molar-refractivity contribution in [3.8, 4) is 5.75 Å². The fourth-order valence-corrected chi connectivity index (χ4v) is 5.60. The summed E-state index contributed by atoms with van der Waals surface area (Å²) in [5.74, 6) is 1.60. The molecule has 1 N–H and O–H groups in total. The van der Waals surface area contributed by atoms with Crippen molar-refractivity contribution in [3.63, 3.8) is 0 Å². The van der Waals surface area contributed by atoms with Crippen molar-refractivity contribution in [3.05, 3.63) is 68.4 Å². The number of H-pyrrole nitrogens is 1. The van der Waals surface area contributed by atoms with Gasteiger partial charge in [-0.3, -0.25) is 9.69 Å². The lowest BCUT2D eigenvalue weighted by molar-refractivity contribution is 0.0889. The maximum Gasteiger partial charge on any atom is 0.252 e. The van der Waals surface area contributed by atoms with E-state index < -0.39 is 0 Å². The highest BCUT2D eigenvalue weighted by atomic mass is 32.1. The summed E-state index contributed by atoms with van der Waals surface area (Å²) in [5, 5.41) is 15.8. The first-order valence-corrected chi connectivity index (χ1v) is 13.5. The smallest absolute Gasteiger partial charge is 0.252 e. The number of pyridine rings is 1. The molecule has 1 aliphatic rings. The normalized spacial score (nSPS) is 16.7. The maximum absolute atomic E-state index is 13.1. The molecule has 10 heteroatoms. The van der Waals surface area contributed by atoms with E-state index in [9.17, 15) is 4.79 Å². The summed E-state index contributed by atoms with van der Waals surface area (Å²) in [5.41, 5.74) is 1.41. The molecule has 1 aromatic carbocycles. The van der Waals surface area contributed by atoms with E-state index in [2.05, 4.69) is 49.8 Å². The third-order valence-electron chi connectivity index (χ3n) is 6.60. The molecule has 5 rings (SSSR count). The third kappa shape index (κ3) is 5.50. The molecule has 0 bridgehead atoms. The van der Waals surface area contributed by atoms with Gasteiger partial charge in [-0.15, -0.1) is 16.4 Å². The molecule has 4 aromatic rings. The largest absolute Gasteiger partial charge is 0.494 e. The van der Waals surface area contributed by atoms with Gasteiger partial charge in [-0.2, -0.15) is 0 Å². The average Bonchev–Trinajstić information content (AvgIpc) is 3.65. The van der Waals surface area contributed by atoms with Gasteiger partial charge in [0.15, 0.2) is 5.82 Å². The van der Waals surface area contributed by atoms with Gasteiger partial charge in [-0.25, -0.2) is 4.68 Å². The molecule has 2 unspecified atom stereocenters. The molecule has 1 saturated heterocycles. The second-order valence-electron chi connectivity index (χ2n) is 9.07. The van der Waals surface area contributed by atoms with E-state index in [1.165, 1.54) is 4.88 Å². The highest BCUT2D eigenvalue weighted by Gasteiger charge is 2.28. The number of fused-ring (bicyclic) bond motifs is 1. The Morgan fingerprint density at radius 2 is 2.19 bits per heavy atom. The van der Waals surface area contributed by atoms with Crippen molar-refractivity contribution in [2.45, 2.75) is 64.9 Å². The van der Waals surface area contributed by atoms with E-state index in [0.717, 1.165) is 48.3 Å². The Morgan fingerprint density at radius 1 is 1.28 bits per heavy atom. The van der Waals surface area contributed by atoms with Crippen LogP contribution in [0.25, 0.3) is 10.9 Å². The predicted octanol–water partition coefficient (Wildman–Crippen LogP) is 4.31. The van der Waals surface area contributed by atoms with Crippen LogP contribution in [0.5, 0.6) is 5.75 Å². The highest BCUT2D eigenvalue weighted by molar-refractivity contribution is 7.09. The van der Waals surface area contributed by atoms with Crippen LogP contribution in [0, 0.1) is 0 Å². The molecule has 0 radical (unpaired) electrons. The van der Waals surface area contributed by atoms with Gasteiger partial charge in [-0.1, -0.05) is 13.0 Å². The van der Waals surface area contributed by atoms with E-state index >= 15 is 0 Å². The number of hydrogen-bond acceptors (Lipinski definition) is 8. The monoisotopic (exact) mass is 508 g/mol. The Morgan fingerprint density at radius 3 is 2.94 bits per heavy atom. The van der Waals surface area contributed by atoms with Crippen molar-refractivity contribution < 1.29 is 9.47 Å². The number of benzene rings is 1. The fourth-order valence-electron chi connectivity index (χ4n) is 4.87. The second kappa shape index (κ2) is 11.3. The minimum atomic E-state index is -0.0864. The number of thiophene rings is 1. The van der Waals surface area contributed by atoms with Crippen LogP contribution in [-0.4, -0.2) is 49.4 Å². The topological polar surface area (TPSA) is 98.2 Å². The third-order valence-corrected chi connectivity index (χ3v) is 7.46.